The largest absolute Gasteiger partial charge is 0.311 e. The summed E-state index contributed by atoms with van der Waals surface area (Å²) in [7, 11) is 0. The Morgan fingerprint density at radius 2 is 2.25 bits per heavy atom. The van der Waals surface area contributed by atoms with Crippen LogP contribution in [-0.4, -0.2) is 12.1 Å². The Hall–Kier alpha value is -0.0400. The van der Waals surface area contributed by atoms with Crippen LogP contribution in [0.25, 0.3) is 0 Å². The number of hydrogen-bond donors (Lipinski definition) is 1. The Morgan fingerprint density at radius 3 is 2.50 bits per heavy atom. The number of rotatable bonds is 1. The van der Waals surface area contributed by atoms with Gasteiger partial charge in [0.2, 0.25) is 0 Å². The van der Waals surface area contributed by atoms with Crippen molar-refractivity contribution in [2.24, 2.45) is 5.92 Å². The maximum Gasteiger partial charge on any atom is 0.00964 e. The smallest absolute Gasteiger partial charge is 0.00964 e. The van der Waals surface area contributed by atoms with E-state index in [9.17, 15) is 0 Å². The molecule has 0 amide bonds. The van der Waals surface area contributed by atoms with Gasteiger partial charge in [-0.15, -0.1) is 0 Å². The lowest BCUT2D eigenvalue weighted by atomic mass is 9.82. The zero-order valence-corrected chi connectivity index (χ0v) is 5.35. The Balaban J connectivity index is 2.00. The van der Waals surface area contributed by atoms with Gasteiger partial charge in [-0.2, -0.15) is 0 Å². The molecule has 3 fully saturated rings. The minimum atomic E-state index is 0.889. The molecule has 46 valence electrons. The first-order chi connectivity index (χ1) is 3.90. The summed E-state index contributed by atoms with van der Waals surface area (Å²) in [4.78, 5) is 0. The molecule has 0 radical (unpaired) electrons. The lowest BCUT2D eigenvalue weighted by Crippen LogP contribution is -2.23. The van der Waals surface area contributed by atoms with Gasteiger partial charge in [-0.1, -0.05) is 6.92 Å². The molecule has 3 aliphatic rings. The predicted octanol–water partition coefficient (Wildman–Crippen LogP) is 1.15. The summed E-state index contributed by atoms with van der Waals surface area (Å²) in [6.07, 6.45) is 4.28. The molecule has 1 heteroatoms. The zero-order chi connectivity index (χ0) is 5.56. The van der Waals surface area contributed by atoms with Crippen molar-refractivity contribution in [1.82, 2.24) is 5.32 Å². The monoisotopic (exact) mass is 111 g/mol. The maximum atomic E-state index is 3.58. The van der Waals surface area contributed by atoms with Crippen molar-refractivity contribution in [2.45, 2.75) is 38.3 Å². The van der Waals surface area contributed by atoms with Crippen molar-refractivity contribution in [3.8, 4) is 0 Å². The van der Waals surface area contributed by atoms with Gasteiger partial charge < -0.3 is 5.32 Å². The molecule has 3 rings (SSSR count). The number of hydrogen-bond acceptors (Lipinski definition) is 1. The highest BCUT2D eigenvalue weighted by atomic mass is 15.0. The van der Waals surface area contributed by atoms with E-state index in [4.69, 9.17) is 0 Å². The topological polar surface area (TPSA) is 12.0 Å². The van der Waals surface area contributed by atoms with Crippen LogP contribution in [0.3, 0.4) is 0 Å². The summed E-state index contributed by atoms with van der Waals surface area (Å²) in [6.45, 7) is 2.28. The molecular formula is C7H13N. The van der Waals surface area contributed by atoms with Crippen LogP contribution in [0.15, 0.2) is 0 Å². The van der Waals surface area contributed by atoms with E-state index in [2.05, 4.69) is 12.2 Å². The van der Waals surface area contributed by atoms with E-state index >= 15 is 0 Å². The number of fused-ring (bicyclic) bond motifs is 1. The van der Waals surface area contributed by atoms with Gasteiger partial charge >= 0.3 is 0 Å². The van der Waals surface area contributed by atoms with Crippen molar-refractivity contribution in [3.05, 3.63) is 0 Å². The van der Waals surface area contributed by atoms with Crippen LogP contribution in [0.1, 0.15) is 26.2 Å². The Morgan fingerprint density at radius 1 is 1.50 bits per heavy atom. The van der Waals surface area contributed by atoms with E-state index in [0.29, 0.717) is 0 Å². The van der Waals surface area contributed by atoms with Crippen LogP contribution < -0.4 is 5.32 Å². The second-order valence-electron chi connectivity index (χ2n) is 3.11. The average molecular weight is 111 g/mol. The first-order valence-electron chi connectivity index (χ1n) is 3.66. The van der Waals surface area contributed by atoms with Gasteiger partial charge in [0, 0.05) is 12.1 Å². The van der Waals surface area contributed by atoms with Crippen LogP contribution >= 0.6 is 0 Å². The van der Waals surface area contributed by atoms with E-state index in [1.165, 1.54) is 19.3 Å². The summed E-state index contributed by atoms with van der Waals surface area (Å²) >= 11 is 0. The molecule has 0 aromatic carbocycles. The maximum absolute atomic E-state index is 3.58. The quantitative estimate of drug-likeness (QED) is 0.535. The summed E-state index contributed by atoms with van der Waals surface area (Å²) in [6, 6.07) is 1.81. The molecule has 8 heavy (non-hydrogen) atoms. The molecule has 1 saturated carbocycles. The molecule has 0 aromatic heterocycles. The first-order valence-corrected chi connectivity index (χ1v) is 3.66. The van der Waals surface area contributed by atoms with Gasteiger partial charge in [-0.05, 0) is 25.2 Å². The minimum Gasteiger partial charge on any atom is -0.311 e. The molecule has 1 N–H and O–H groups in total. The Kier molecular flexibility index (Phi) is 0.884. The van der Waals surface area contributed by atoms with E-state index in [0.717, 1.165) is 18.0 Å². The molecule has 2 aliphatic heterocycles. The molecule has 1 nitrogen and oxygen atoms in total. The number of nitrogens with one attached hydrogen (secondary N) is 1. The molecule has 1 atom stereocenters. The van der Waals surface area contributed by atoms with Crippen molar-refractivity contribution < 1.29 is 0 Å². The summed E-state index contributed by atoms with van der Waals surface area (Å²) in [5.74, 6) is 1.06. The molecule has 2 heterocycles. The first kappa shape index (κ1) is 4.80. The Bertz CT molecular complexity index is 94.6. The molecule has 0 spiro atoms. The van der Waals surface area contributed by atoms with Crippen molar-refractivity contribution in [3.63, 3.8) is 0 Å². The van der Waals surface area contributed by atoms with Crippen molar-refractivity contribution in [1.29, 1.82) is 0 Å². The summed E-state index contributed by atoms with van der Waals surface area (Å²) in [5.41, 5.74) is 0. The van der Waals surface area contributed by atoms with Crippen LogP contribution in [-0.2, 0) is 0 Å². The Labute approximate surface area is 50.5 Å². The van der Waals surface area contributed by atoms with Gasteiger partial charge in [-0.25, -0.2) is 0 Å². The average Bonchev–Trinajstić information content (AvgIpc) is 2.15. The lowest BCUT2D eigenvalue weighted by Gasteiger charge is -2.21. The van der Waals surface area contributed by atoms with Crippen LogP contribution in [0.4, 0.5) is 0 Å². The highest BCUT2D eigenvalue weighted by Gasteiger charge is 2.42. The van der Waals surface area contributed by atoms with E-state index < -0.39 is 0 Å². The fourth-order valence-corrected chi connectivity index (χ4v) is 2.02. The van der Waals surface area contributed by atoms with E-state index in [1.54, 1.807) is 0 Å². The third-order valence-electron chi connectivity index (χ3n) is 2.63. The van der Waals surface area contributed by atoms with Gasteiger partial charge in [0.25, 0.3) is 0 Å². The second kappa shape index (κ2) is 1.47. The minimum absolute atomic E-state index is 0.889. The molecule has 1 aliphatic carbocycles. The second-order valence-corrected chi connectivity index (χ2v) is 3.11. The standard InChI is InChI=1S/C7H13N/c1-2-7-5-3-6(4-5)8-7/h5-8H,2-4H2,1H3. The fraction of sp³-hybridized carbons (Fsp3) is 1.00. The molecule has 0 aromatic rings. The lowest BCUT2D eigenvalue weighted by molar-refractivity contribution is 0.348. The van der Waals surface area contributed by atoms with Crippen LogP contribution in [0.5, 0.6) is 0 Å². The summed E-state index contributed by atoms with van der Waals surface area (Å²) < 4.78 is 0. The molecule has 2 saturated heterocycles. The summed E-state index contributed by atoms with van der Waals surface area (Å²) in [5, 5.41) is 3.58. The molecule has 2 bridgehead atoms. The van der Waals surface area contributed by atoms with E-state index in [-0.39, 0.29) is 0 Å². The fourth-order valence-electron chi connectivity index (χ4n) is 2.02. The predicted molar refractivity (Wildman–Crippen MR) is 33.7 cm³/mol. The third-order valence-corrected chi connectivity index (χ3v) is 2.63. The molecular weight excluding hydrogens is 98.1 g/mol. The van der Waals surface area contributed by atoms with Crippen molar-refractivity contribution in [2.75, 3.05) is 0 Å². The molecule has 1 unspecified atom stereocenters. The SMILES string of the molecule is CCC1NC2CC1C2. The van der Waals surface area contributed by atoms with Crippen LogP contribution in [0.2, 0.25) is 0 Å². The zero-order valence-electron chi connectivity index (χ0n) is 5.35. The normalized spacial score (nSPS) is 51.4. The van der Waals surface area contributed by atoms with Crippen molar-refractivity contribution >= 4 is 0 Å². The van der Waals surface area contributed by atoms with Gasteiger partial charge in [0.1, 0.15) is 0 Å². The van der Waals surface area contributed by atoms with Gasteiger partial charge in [0.15, 0.2) is 0 Å². The van der Waals surface area contributed by atoms with Crippen LogP contribution in [0, 0.1) is 5.92 Å². The highest BCUT2D eigenvalue weighted by Crippen LogP contribution is 2.38. The van der Waals surface area contributed by atoms with Gasteiger partial charge in [0.05, 0.1) is 0 Å². The third kappa shape index (κ3) is 0.455. The highest BCUT2D eigenvalue weighted by molar-refractivity contribution is 5.00. The van der Waals surface area contributed by atoms with Gasteiger partial charge in [-0.3, -0.25) is 0 Å². The van der Waals surface area contributed by atoms with E-state index in [1.807, 2.05) is 0 Å².